The molecule has 4 aliphatic heterocycles. The van der Waals surface area contributed by atoms with Gasteiger partial charge in [-0.15, -0.1) is 0 Å². The number of rotatable bonds is 11. The molecule has 0 bridgehead atoms. The van der Waals surface area contributed by atoms with Crippen LogP contribution in [0.2, 0.25) is 0 Å². The predicted octanol–water partition coefficient (Wildman–Crippen LogP) is 15.3. The Morgan fingerprint density at radius 2 is 0.833 bits per heavy atom. The van der Waals surface area contributed by atoms with Crippen molar-refractivity contribution in [3.8, 4) is 70.0 Å². The van der Waals surface area contributed by atoms with E-state index in [9.17, 15) is 19.2 Å². The second-order valence-corrected chi connectivity index (χ2v) is 23.1. The Kier molecular flexibility index (Phi) is 14.7. The fourth-order valence-corrected chi connectivity index (χ4v) is 12.8. The maximum absolute atomic E-state index is 13.1. The molecule has 2 aromatic heterocycles. The van der Waals surface area contributed by atoms with Crippen molar-refractivity contribution in [2.24, 2.45) is 20.0 Å². The Bertz CT molecular complexity index is 5550. The molecule has 472 valence electrons. The third-order valence-corrected chi connectivity index (χ3v) is 17.1. The molecule has 20 heteroatoms. The molecule has 0 aliphatic carbocycles. The van der Waals surface area contributed by atoms with Crippen LogP contribution in [0.4, 0.5) is 45.5 Å². The summed E-state index contributed by atoms with van der Waals surface area (Å²) < 4.78 is 42.1. The van der Waals surface area contributed by atoms with Gasteiger partial charge < -0.3 is 58.8 Å². The number of hydrogen-bond donors (Lipinski definition) is 4. The van der Waals surface area contributed by atoms with Crippen molar-refractivity contribution in [2.75, 3.05) is 27.9 Å². The second-order valence-electron chi connectivity index (χ2n) is 23.1. The summed E-state index contributed by atoms with van der Waals surface area (Å²) in [6.45, 7) is 14.9. The van der Waals surface area contributed by atoms with Crippen molar-refractivity contribution in [1.29, 1.82) is 0 Å². The molecular formula is C76H58N10O10. The van der Waals surface area contributed by atoms with Gasteiger partial charge in [0.25, 0.3) is 11.8 Å². The van der Waals surface area contributed by atoms with Crippen molar-refractivity contribution < 1.29 is 47.6 Å². The summed E-state index contributed by atoms with van der Waals surface area (Å²) in [5.74, 6) is 2.10. The van der Waals surface area contributed by atoms with Gasteiger partial charge in [0, 0.05) is 118 Å². The van der Waals surface area contributed by atoms with E-state index in [-0.39, 0.29) is 74.7 Å². The fraction of sp³-hybridized carbons (Fsp3) is 0.132. The number of aryl methyl sites for hydroxylation is 2. The van der Waals surface area contributed by atoms with E-state index in [0.717, 1.165) is 80.3 Å². The third kappa shape index (κ3) is 10.1. The minimum Gasteiger partial charge on any atom is -0.492 e. The molecule has 0 unspecified atom stereocenters. The zero-order chi connectivity index (χ0) is 66.2. The predicted molar refractivity (Wildman–Crippen MR) is 367 cm³/mol. The number of carbonyl (C=O) groups is 4. The highest BCUT2D eigenvalue weighted by molar-refractivity contribution is 6.12. The van der Waals surface area contributed by atoms with Gasteiger partial charge in [-0.2, -0.15) is 0 Å². The van der Waals surface area contributed by atoms with Gasteiger partial charge in [-0.1, -0.05) is 79.2 Å². The van der Waals surface area contributed by atoms with E-state index in [4.69, 9.17) is 54.8 Å². The molecule has 4 amide bonds. The third-order valence-electron chi connectivity index (χ3n) is 17.1. The second kappa shape index (κ2) is 23.7. The number of hydrogen-bond acceptors (Lipinski definition) is 14. The SMILES string of the molecule is C#COc1cc2c(cc1NC(=O)c1ccccc1)Oc1c(NC(C)=O)c3c(c(NC(C)=O)c1=N2)Oc1cc(NC(=O)c2ccccc2)c(OCC)cc1N=3.CCn1c2ccccc2c2cc3c(cc21)Oc1c(C)c2c(c(C)c1=N3)Oc1cc3c(cc1N=2)c1ccccc1n3CC. The Morgan fingerprint density at radius 1 is 0.448 bits per heavy atom. The van der Waals surface area contributed by atoms with Gasteiger partial charge in [-0.25, -0.2) is 20.0 Å². The normalized spacial score (nSPS) is 12.2. The van der Waals surface area contributed by atoms with Gasteiger partial charge in [-0.05, 0) is 83.1 Å². The lowest BCUT2D eigenvalue weighted by Crippen LogP contribution is -2.29. The summed E-state index contributed by atoms with van der Waals surface area (Å²) in [5, 5.41) is 17.8. The number of carbonyl (C=O) groups excluding carboxylic acids is 4. The number of amides is 4. The topological polar surface area (TPSA) is 231 Å². The molecule has 6 heterocycles. The number of fused-ring (bicyclic) bond motifs is 14. The van der Waals surface area contributed by atoms with Crippen molar-refractivity contribution in [3.63, 3.8) is 0 Å². The Balaban J connectivity index is 0.000000162. The van der Waals surface area contributed by atoms with Crippen LogP contribution in [-0.2, 0) is 22.7 Å². The number of nitrogens with one attached hydrogen (secondary N) is 4. The standard InChI is InChI=1S/C40H30N6O8.C36H28N4O2/c1-5-51-29-17-27-31(19-25(29)45-39(49)23-13-9-7-10-14-23)53-37-34(42-22(4)48)36-38(33(35(37)43-27)41-21(3)47)54-32-20-26(30(52-6-2)18-28(32)44-36)46-40(50)24-15-11-8-12-16-24;1-5-39-27-13-9-7-11-21(27)23-15-25-31(17-29(23)39)41-35-19(3)34-36(20(4)33(35)37-25)42-32-18-30-24(16-26(32)38-34)22-12-8-10-14-28(22)40(30)6-2/h1,7-20H,6H2,2-4H3,(H,41,47)(H,42,48)(H,45,49)(H,46,50);7-18H,5-6H2,1-4H3. The van der Waals surface area contributed by atoms with Gasteiger partial charge in [0.05, 0.1) is 29.0 Å². The molecule has 20 nitrogen and oxygen atoms in total. The molecule has 0 atom stereocenters. The van der Waals surface area contributed by atoms with Gasteiger partial charge >= 0.3 is 0 Å². The number of terminal acetylenes is 1. The zero-order valence-corrected chi connectivity index (χ0v) is 53.0. The maximum atomic E-state index is 13.1. The van der Waals surface area contributed by atoms with E-state index in [2.05, 4.69) is 137 Å². The molecule has 4 N–H and O–H groups in total. The van der Waals surface area contributed by atoms with Crippen LogP contribution in [0.25, 0.3) is 43.6 Å². The van der Waals surface area contributed by atoms with Crippen LogP contribution in [0.5, 0.6) is 57.5 Å². The van der Waals surface area contributed by atoms with Crippen LogP contribution >= 0.6 is 0 Å². The number of benzene rings is 10. The summed E-state index contributed by atoms with van der Waals surface area (Å²) in [7, 11) is 0. The lowest BCUT2D eigenvalue weighted by atomic mass is 10.0. The monoisotopic (exact) mass is 1270 g/mol. The number of aromatic nitrogens is 2. The van der Waals surface area contributed by atoms with E-state index >= 15 is 0 Å². The quantitative estimate of drug-likeness (QED) is 0.0707. The van der Waals surface area contributed by atoms with E-state index in [1.54, 1.807) is 79.7 Å². The minimum absolute atomic E-state index is 0.0266. The molecule has 96 heavy (non-hydrogen) atoms. The van der Waals surface area contributed by atoms with Crippen molar-refractivity contribution >= 4 is 113 Å². The molecular weight excluding hydrogens is 1210 g/mol. The van der Waals surface area contributed by atoms with Crippen LogP contribution in [0.15, 0.2) is 178 Å². The molecule has 0 spiro atoms. The first-order valence-corrected chi connectivity index (χ1v) is 31.2. The fourth-order valence-electron chi connectivity index (χ4n) is 12.8. The molecule has 16 rings (SSSR count). The molecule has 4 aliphatic rings. The highest BCUT2D eigenvalue weighted by atomic mass is 16.5. The largest absolute Gasteiger partial charge is 0.492 e. The average molecular weight is 1270 g/mol. The number of para-hydroxylation sites is 2. The van der Waals surface area contributed by atoms with E-state index in [0.29, 0.717) is 28.3 Å². The average Bonchev–Trinajstić information content (AvgIpc) is 0.813. The van der Waals surface area contributed by atoms with Crippen molar-refractivity contribution in [1.82, 2.24) is 9.13 Å². The highest BCUT2D eigenvalue weighted by Crippen LogP contribution is 2.50. The van der Waals surface area contributed by atoms with Crippen LogP contribution in [0.3, 0.4) is 0 Å². The molecule has 10 aromatic carbocycles. The first-order chi connectivity index (χ1) is 46.7. The van der Waals surface area contributed by atoms with Crippen molar-refractivity contribution in [3.05, 3.63) is 201 Å². The molecule has 12 aromatic rings. The Hall–Kier alpha value is -12.8. The molecule has 0 radical (unpaired) electrons. The zero-order valence-electron chi connectivity index (χ0n) is 53.0. The van der Waals surface area contributed by atoms with Crippen LogP contribution in [0.1, 0.15) is 66.5 Å². The summed E-state index contributed by atoms with van der Waals surface area (Å²) in [6.07, 6.45) is 7.60. The van der Waals surface area contributed by atoms with E-state index < -0.39 is 17.7 Å². The van der Waals surface area contributed by atoms with Gasteiger partial charge in [0.2, 0.25) is 11.8 Å². The summed E-state index contributed by atoms with van der Waals surface area (Å²) >= 11 is 0. The van der Waals surface area contributed by atoms with Gasteiger partial charge in [0.15, 0.2) is 51.7 Å². The maximum Gasteiger partial charge on any atom is 0.255 e. The number of ether oxygens (including phenoxy) is 6. The first-order valence-electron chi connectivity index (χ1n) is 31.2. The molecule has 0 saturated heterocycles. The lowest BCUT2D eigenvalue weighted by Gasteiger charge is -2.25. The van der Waals surface area contributed by atoms with Gasteiger partial charge in [0.1, 0.15) is 67.4 Å². The number of nitrogens with zero attached hydrogens (tertiary/aromatic N) is 6. The van der Waals surface area contributed by atoms with E-state index in [1.165, 1.54) is 58.6 Å². The minimum atomic E-state index is -0.472. The molecule has 0 saturated carbocycles. The summed E-state index contributed by atoms with van der Waals surface area (Å²) in [4.78, 5) is 71.6. The lowest BCUT2D eigenvalue weighted by molar-refractivity contribution is -0.115. The van der Waals surface area contributed by atoms with E-state index in [1.807, 2.05) is 0 Å². The highest BCUT2D eigenvalue weighted by Gasteiger charge is 2.33. The Morgan fingerprint density at radius 3 is 1.26 bits per heavy atom. The molecule has 0 fully saturated rings. The first kappa shape index (κ1) is 59.5. The smallest absolute Gasteiger partial charge is 0.255 e. The van der Waals surface area contributed by atoms with Crippen LogP contribution < -0.4 is 71.1 Å². The van der Waals surface area contributed by atoms with Crippen LogP contribution in [0, 0.1) is 26.4 Å². The van der Waals surface area contributed by atoms with Gasteiger partial charge in [-0.3, -0.25) is 19.2 Å². The summed E-state index contributed by atoms with van der Waals surface area (Å²) in [5.41, 5.74) is 10.2. The summed E-state index contributed by atoms with van der Waals surface area (Å²) in [6, 6.07) is 49.0. The van der Waals surface area contributed by atoms with Crippen molar-refractivity contribution in [2.45, 2.75) is 61.6 Å². The van der Waals surface area contributed by atoms with Crippen LogP contribution in [-0.4, -0.2) is 39.4 Å². The Labute approximate surface area is 547 Å². The number of anilines is 4.